The number of benzene rings is 3. The van der Waals surface area contributed by atoms with Crippen molar-refractivity contribution in [1.82, 2.24) is 0 Å². The summed E-state index contributed by atoms with van der Waals surface area (Å²) in [6, 6.07) is 18.8. The SMILES string of the molecule is C=CC(=O)OC=COc1ccc(-c2ccc(-c3ccc(OC=COC(=O)C(=C)C)cc3)c(F)c2)cc1. The first-order chi connectivity index (χ1) is 17.4. The van der Waals surface area contributed by atoms with Gasteiger partial charge in [0, 0.05) is 17.2 Å². The molecule has 0 aliphatic heterocycles. The molecule has 182 valence electrons. The summed E-state index contributed by atoms with van der Waals surface area (Å²) in [7, 11) is 0. The number of halogens is 1. The van der Waals surface area contributed by atoms with Crippen LogP contribution in [0.1, 0.15) is 6.92 Å². The highest BCUT2D eigenvalue weighted by molar-refractivity contribution is 5.87. The van der Waals surface area contributed by atoms with Crippen molar-refractivity contribution in [3.8, 4) is 33.8 Å². The van der Waals surface area contributed by atoms with Crippen LogP contribution in [-0.4, -0.2) is 11.9 Å². The molecule has 7 heteroatoms. The normalized spacial score (nSPS) is 10.7. The molecule has 3 aromatic carbocycles. The van der Waals surface area contributed by atoms with Gasteiger partial charge in [0.2, 0.25) is 0 Å². The van der Waals surface area contributed by atoms with Gasteiger partial charge in [0.05, 0.1) is 0 Å². The fraction of sp³-hybridized carbons (Fsp3) is 0.0345. The van der Waals surface area contributed by atoms with Gasteiger partial charge in [-0.05, 0) is 53.9 Å². The van der Waals surface area contributed by atoms with Gasteiger partial charge in [-0.25, -0.2) is 14.0 Å². The van der Waals surface area contributed by atoms with E-state index in [9.17, 15) is 14.0 Å². The molecule has 6 nitrogen and oxygen atoms in total. The van der Waals surface area contributed by atoms with Crippen molar-refractivity contribution in [3.63, 3.8) is 0 Å². The Morgan fingerprint density at radius 1 is 0.750 bits per heavy atom. The standard InChI is InChI=1S/C29H23FO6/c1-4-28(31)35-17-15-33-24-10-5-21(6-11-24)23-9-14-26(27(30)19-23)22-7-12-25(13-8-22)34-16-18-36-29(32)20(2)3/h4-19H,1-2H2,3H3. The molecule has 0 heterocycles. The van der Waals surface area contributed by atoms with Crippen LogP contribution in [0.15, 0.2) is 117 Å². The van der Waals surface area contributed by atoms with Crippen molar-refractivity contribution in [2.75, 3.05) is 0 Å². The first-order valence-corrected chi connectivity index (χ1v) is 10.7. The zero-order valence-electron chi connectivity index (χ0n) is 19.5. The summed E-state index contributed by atoms with van der Waals surface area (Å²) in [6.07, 6.45) is 5.74. The van der Waals surface area contributed by atoms with Gasteiger partial charge in [-0.15, -0.1) is 0 Å². The molecular formula is C29H23FO6. The topological polar surface area (TPSA) is 71.1 Å². The quantitative estimate of drug-likeness (QED) is 0.180. The smallest absolute Gasteiger partial charge is 0.338 e. The lowest BCUT2D eigenvalue weighted by Gasteiger charge is -2.09. The molecule has 0 saturated heterocycles. The minimum absolute atomic E-state index is 0.279. The van der Waals surface area contributed by atoms with Crippen molar-refractivity contribution in [2.45, 2.75) is 6.92 Å². The average Bonchev–Trinajstić information content (AvgIpc) is 2.89. The number of carbonyl (C=O) groups is 2. The third kappa shape index (κ3) is 7.30. The molecule has 0 unspecified atom stereocenters. The van der Waals surface area contributed by atoms with Crippen molar-refractivity contribution in [2.24, 2.45) is 0 Å². The predicted octanol–water partition coefficient (Wildman–Crippen LogP) is 6.71. The molecule has 3 aromatic rings. The summed E-state index contributed by atoms with van der Waals surface area (Å²) in [6.45, 7) is 8.31. The maximum Gasteiger partial charge on any atom is 0.338 e. The summed E-state index contributed by atoms with van der Waals surface area (Å²) in [5.41, 5.74) is 2.90. The summed E-state index contributed by atoms with van der Waals surface area (Å²) in [5, 5.41) is 0. The van der Waals surface area contributed by atoms with E-state index in [1.54, 1.807) is 61.5 Å². The van der Waals surface area contributed by atoms with E-state index in [0.717, 1.165) is 24.2 Å². The Bertz CT molecular complexity index is 1300. The number of hydrogen-bond acceptors (Lipinski definition) is 6. The molecule has 0 spiro atoms. The summed E-state index contributed by atoms with van der Waals surface area (Å²) < 4.78 is 35.1. The van der Waals surface area contributed by atoms with Gasteiger partial charge in [0.1, 0.15) is 42.4 Å². The molecule has 0 amide bonds. The molecule has 3 rings (SSSR count). The van der Waals surface area contributed by atoms with Crippen LogP contribution in [0, 0.1) is 5.82 Å². The lowest BCUT2D eigenvalue weighted by Crippen LogP contribution is -1.99. The molecule has 0 saturated carbocycles. The second kappa shape index (κ2) is 12.5. The highest BCUT2D eigenvalue weighted by Crippen LogP contribution is 2.30. The van der Waals surface area contributed by atoms with Gasteiger partial charge >= 0.3 is 11.9 Å². The van der Waals surface area contributed by atoms with Crippen LogP contribution < -0.4 is 9.47 Å². The summed E-state index contributed by atoms with van der Waals surface area (Å²) in [5.74, 6) is -0.493. The number of carbonyl (C=O) groups excluding carboxylic acids is 2. The molecule has 0 radical (unpaired) electrons. The van der Waals surface area contributed by atoms with Gasteiger partial charge in [-0.2, -0.15) is 0 Å². The van der Waals surface area contributed by atoms with Gasteiger partial charge in [-0.3, -0.25) is 0 Å². The van der Waals surface area contributed by atoms with Crippen LogP contribution in [0.25, 0.3) is 22.3 Å². The Morgan fingerprint density at radius 3 is 1.81 bits per heavy atom. The number of rotatable bonds is 10. The highest BCUT2D eigenvalue weighted by atomic mass is 19.1. The van der Waals surface area contributed by atoms with E-state index in [1.165, 1.54) is 18.6 Å². The lowest BCUT2D eigenvalue weighted by molar-refractivity contribution is -0.134. The minimum Gasteiger partial charge on any atom is -0.462 e. The minimum atomic E-state index is -0.587. The molecule has 0 aromatic heterocycles. The van der Waals surface area contributed by atoms with E-state index in [-0.39, 0.29) is 11.4 Å². The first kappa shape index (κ1) is 25.7. The van der Waals surface area contributed by atoms with E-state index < -0.39 is 11.9 Å². The van der Waals surface area contributed by atoms with Crippen LogP contribution in [0.3, 0.4) is 0 Å². The maximum atomic E-state index is 14.9. The van der Waals surface area contributed by atoms with Crippen LogP contribution in [-0.2, 0) is 19.1 Å². The van der Waals surface area contributed by atoms with Crippen LogP contribution in [0.4, 0.5) is 4.39 Å². The van der Waals surface area contributed by atoms with E-state index in [1.807, 2.05) is 6.07 Å². The highest BCUT2D eigenvalue weighted by Gasteiger charge is 2.08. The van der Waals surface area contributed by atoms with Crippen molar-refractivity contribution < 1.29 is 32.9 Å². The summed E-state index contributed by atoms with van der Waals surface area (Å²) in [4.78, 5) is 22.3. The third-order valence-corrected chi connectivity index (χ3v) is 4.72. The van der Waals surface area contributed by atoms with Crippen molar-refractivity contribution >= 4 is 11.9 Å². The Labute approximate surface area is 208 Å². The van der Waals surface area contributed by atoms with E-state index >= 15 is 0 Å². The summed E-state index contributed by atoms with van der Waals surface area (Å²) >= 11 is 0. The fourth-order valence-corrected chi connectivity index (χ4v) is 2.91. The lowest BCUT2D eigenvalue weighted by atomic mass is 9.99. The van der Waals surface area contributed by atoms with Crippen molar-refractivity contribution in [3.05, 3.63) is 122 Å². The van der Waals surface area contributed by atoms with Crippen LogP contribution >= 0.6 is 0 Å². The van der Waals surface area contributed by atoms with Gasteiger partial charge in [0.25, 0.3) is 0 Å². The Kier molecular flexibility index (Phi) is 8.94. The monoisotopic (exact) mass is 486 g/mol. The fourth-order valence-electron chi connectivity index (χ4n) is 2.91. The van der Waals surface area contributed by atoms with Crippen molar-refractivity contribution in [1.29, 1.82) is 0 Å². The van der Waals surface area contributed by atoms with E-state index in [0.29, 0.717) is 28.2 Å². The van der Waals surface area contributed by atoms with Crippen LogP contribution in [0.2, 0.25) is 0 Å². The molecule has 0 atom stereocenters. The van der Waals surface area contributed by atoms with E-state index in [2.05, 4.69) is 17.9 Å². The first-order valence-electron chi connectivity index (χ1n) is 10.7. The molecule has 0 N–H and O–H groups in total. The van der Waals surface area contributed by atoms with Gasteiger partial charge in [-0.1, -0.05) is 49.6 Å². The Balaban J connectivity index is 1.62. The predicted molar refractivity (Wildman–Crippen MR) is 134 cm³/mol. The molecular weight excluding hydrogens is 463 g/mol. The maximum absolute atomic E-state index is 14.9. The zero-order chi connectivity index (χ0) is 25.9. The van der Waals surface area contributed by atoms with Crippen LogP contribution in [0.5, 0.6) is 11.5 Å². The largest absolute Gasteiger partial charge is 0.462 e. The van der Waals surface area contributed by atoms with E-state index in [4.69, 9.17) is 14.2 Å². The molecule has 0 aliphatic carbocycles. The average molecular weight is 486 g/mol. The second-order valence-electron chi connectivity index (χ2n) is 7.35. The van der Waals surface area contributed by atoms with Gasteiger partial charge in [0.15, 0.2) is 0 Å². The molecule has 36 heavy (non-hydrogen) atoms. The van der Waals surface area contributed by atoms with Gasteiger partial charge < -0.3 is 18.9 Å². The zero-order valence-corrected chi connectivity index (χ0v) is 19.5. The third-order valence-electron chi connectivity index (χ3n) is 4.72. The number of hydrogen-bond donors (Lipinski definition) is 0. The Morgan fingerprint density at radius 2 is 1.28 bits per heavy atom. The Hall–Kier alpha value is -4.91. The number of ether oxygens (including phenoxy) is 4. The molecule has 0 aliphatic rings. The second-order valence-corrected chi connectivity index (χ2v) is 7.35. The molecule has 0 bridgehead atoms. The molecule has 0 fully saturated rings. The number of esters is 2.